The topological polar surface area (TPSA) is 32.7 Å². The van der Waals surface area contributed by atoms with Gasteiger partial charge in [-0.1, -0.05) is 18.2 Å². The molecule has 0 aliphatic carbocycles. The molecule has 0 amide bonds. The molecule has 1 aromatic rings. The van der Waals surface area contributed by atoms with Crippen molar-refractivity contribution >= 4 is 5.69 Å². The highest BCUT2D eigenvalue weighted by Crippen LogP contribution is 2.24. The molecule has 3 nitrogen and oxygen atoms in total. The summed E-state index contributed by atoms with van der Waals surface area (Å²) in [6, 6.07) is 8.43. The van der Waals surface area contributed by atoms with Crippen molar-refractivity contribution < 1.29 is 9.84 Å². The summed E-state index contributed by atoms with van der Waals surface area (Å²) < 4.78 is 5.55. The number of hydrogen-bond acceptors (Lipinski definition) is 3. The van der Waals surface area contributed by atoms with Crippen molar-refractivity contribution in [2.45, 2.75) is 19.4 Å². The smallest absolute Gasteiger partial charge is 0.0767 e. The fourth-order valence-corrected chi connectivity index (χ4v) is 2.22. The molecule has 0 saturated carbocycles. The first-order chi connectivity index (χ1) is 7.81. The van der Waals surface area contributed by atoms with Crippen LogP contribution < -0.4 is 4.90 Å². The number of anilines is 1. The minimum atomic E-state index is 0.112. The van der Waals surface area contributed by atoms with Crippen molar-refractivity contribution in [3.63, 3.8) is 0 Å². The lowest BCUT2D eigenvalue weighted by molar-refractivity contribution is 0.0411. The van der Waals surface area contributed by atoms with Crippen LogP contribution in [0.1, 0.15) is 12.0 Å². The number of benzene rings is 1. The number of hydrogen-bond donors (Lipinski definition) is 1. The van der Waals surface area contributed by atoms with Gasteiger partial charge in [-0.15, -0.1) is 0 Å². The predicted molar refractivity (Wildman–Crippen MR) is 64.8 cm³/mol. The monoisotopic (exact) mass is 221 g/mol. The zero-order valence-corrected chi connectivity index (χ0v) is 9.72. The molecule has 0 bridgehead atoms. The molecule has 1 N–H and O–H groups in total. The molecule has 2 rings (SSSR count). The molecule has 0 unspecified atom stereocenters. The first-order valence-electron chi connectivity index (χ1n) is 5.84. The normalized spacial score (nSPS) is 20.4. The van der Waals surface area contributed by atoms with E-state index >= 15 is 0 Å². The second-order valence-electron chi connectivity index (χ2n) is 4.24. The SMILES string of the molecule is Cc1ccccc1N1CC[C@H](OCCO)C1. The zero-order chi connectivity index (χ0) is 11.4. The Balaban J connectivity index is 1.96. The van der Waals surface area contributed by atoms with Gasteiger partial charge < -0.3 is 14.7 Å². The van der Waals surface area contributed by atoms with Crippen molar-refractivity contribution in [3.05, 3.63) is 29.8 Å². The molecule has 0 aromatic heterocycles. The van der Waals surface area contributed by atoms with Crippen molar-refractivity contribution in [2.75, 3.05) is 31.2 Å². The second kappa shape index (κ2) is 5.32. The number of aryl methyl sites for hydroxylation is 1. The van der Waals surface area contributed by atoms with Crippen LogP contribution >= 0.6 is 0 Å². The Kier molecular flexibility index (Phi) is 3.80. The molecule has 3 heteroatoms. The first-order valence-corrected chi connectivity index (χ1v) is 5.84. The zero-order valence-electron chi connectivity index (χ0n) is 9.72. The third-order valence-electron chi connectivity index (χ3n) is 3.05. The summed E-state index contributed by atoms with van der Waals surface area (Å²) in [5.41, 5.74) is 2.61. The van der Waals surface area contributed by atoms with E-state index in [0.29, 0.717) is 6.61 Å². The molecule has 1 atom stereocenters. The van der Waals surface area contributed by atoms with Gasteiger partial charge in [-0.3, -0.25) is 0 Å². The number of aliphatic hydroxyl groups is 1. The molecular weight excluding hydrogens is 202 g/mol. The van der Waals surface area contributed by atoms with Gasteiger partial charge in [0.25, 0.3) is 0 Å². The van der Waals surface area contributed by atoms with Gasteiger partial charge in [-0.05, 0) is 25.0 Å². The molecule has 1 saturated heterocycles. The summed E-state index contributed by atoms with van der Waals surface area (Å²) >= 11 is 0. The van der Waals surface area contributed by atoms with Gasteiger partial charge in [0.05, 0.1) is 19.3 Å². The van der Waals surface area contributed by atoms with E-state index in [1.54, 1.807) is 0 Å². The molecule has 16 heavy (non-hydrogen) atoms. The molecule has 88 valence electrons. The van der Waals surface area contributed by atoms with Crippen LogP contribution in [0, 0.1) is 6.92 Å². The van der Waals surface area contributed by atoms with Crippen molar-refractivity contribution in [1.82, 2.24) is 0 Å². The maximum absolute atomic E-state index is 8.72. The second-order valence-corrected chi connectivity index (χ2v) is 4.24. The van der Waals surface area contributed by atoms with E-state index in [1.165, 1.54) is 11.3 Å². The Bertz CT molecular complexity index is 340. The lowest BCUT2D eigenvalue weighted by Gasteiger charge is -2.20. The van der Waals surface area contributed by atoms with Gasteiger partial charge in [0.1, 0.15) is 0 Å². The van der Waals surface area contributed by atoms with Crippen molar-refractivity contribution in [2.24, 2.45) is 0 Å². The van der Waals surface area contributed by atoms with E-state index in [-0.39, 0.29) is 12.7 Å². The van der Waals surface area contributed by atoms with Gasteiger partial charge >= 0.3 is 0 Å². The number of nitrogens with zero attached hydrogens (tertiary/aromatic N) is 1. The Morgan fingerprint density at radius 2 is 2.25 bits per heavy atom. The first kappa shape index (κ1) is 11.4. The summed E-state index contributed by atoms with van der Waals surface area (Å²) in [5, 5.41) is 8.72. The third kappa shape index (κ3) is 2.54. The van der Waals surface area contributed by atoms with E-state index in [9.17, 15) is 0 Å². The highest BCUT2D eigenvalue weighted by atomic mass is 16.5. The van der Waals surface area contributed by atoms with Crippen molar-refractivity contribution in [1.29, 1.82) is 0 Å². The minimum Gasteiger partial charge on any atom is -0.394 e. The Morgan fingerprint density at radius 1 is 1.44 bits per heavy atom. The summed E-state index contributed by atoms with van der Waals surface area (Å²) in [7, 11) is 0. The summed E-state index contributed by atoms with van der Waals surface area (Å²) in [4.78, 5) is 2.36. The lowest BCUT2D eigenvalue weighted by Crippen LogP contribution is -2.24. The predicted octanol–water partition coefficient (Wildman–Crippen LogP) is 1.58. The van der Waals surface area contributed by atoms with Crippen LogP contribution in [0.4, 0.5) is 5.69 Å². The highest BCUT2D eigenvalue weighted by Gasteiger charge is 2.23. The summed E-state index contributed by atoms with van der Waals surface area (Å²) in [6.07, 6.45) is 1.32. The van der Waals surface area contributed by atoms with Crippen LogP contribution in [0.15, 0.2) is 24.3 Å². The maximum Gasteiger partial charge on any atom is 0.0767 e. The van der Waals surface area contributed by atoms with Crippen LogP contribution in [0.3, 0.4) is 0 Å². The lowest BCUT2D eigenvalue weighted by atomic mass is 10.2. The number of ether oxygens (including phenoxy) is 1. The van der Waals surface area contributed by atoms with Gasteiger partial charge in [-0.2, -0.15) is 0 Å². The quantitative estimate of drug-likeness (QED) is 0.838. The molecule has 1 fully saturated rings. The fourth-order valence-electron chi connectivity index (χ4n) is 2.22. The fraction of sp³-hybridized carbons (Fsp3) is 0.538. The van der Waals surface area contributed by atoms with Crippen LogP contribution in [0.2, 0.25) is 0 Å². The molecule has 0 radical (unpaired) electrons. The van der Waals surface area contributed by atoms with E-state index in [0.717, 1.165) is 19.5 Å². The van der Waals surface area contributed by atoms with E-state index in [1.807, 2.05) is 0 Å². The van der Waals surface area contributed by atoms with Gasteiger partial charge in [0.15, 0.2) is 0 Å². The van der Waals surface area contributed by atoms with Gasteiger partial charge in [0.2, 0.25) is 0 Å². The Morgan fingerprint density at radius 3 is 3.00 bits per heavy atom. The average Bonchev–Trinajstić information content (AvgIpc) is 2.75. The van der Waals surface area contributed by atoms with Crippen LogP contribution in [-0.2, 0) is 4.74 Å². The average molecular weight is 221 g/mol. The minimum absolute atomic E-state index is 0.112. The van der Waals surface area contributed by atoms with Crippen LogP contribution in [-0.4, -0.2) is 37.5 Å². The molecular formula is C13H19NO2. The molecule has 1 aliphatic heterocycles. The number of aliphatic hydroxyl groups excluding tert-OH is 1. The highest BCUT2D eigenvalue weighted by molar-refractivity contribution is 5.53. The van der Waals surface area contributed by atoms with Crippen LogP contribution in [0.5, 0.6) is 0 Å². The summed E-state index contributed by atoms with van der Waals surface area (Å²) in [6.45, 7) is 4.68. The molecule has 1 aliphatic rings. The van der Waals surface area contributed by atoms with Crippen LogP contribution in [0.25, 0.3) is 0 Å². The molecule has 0 spiro atoms. The van der Waals surface area contributed by atoms with E-state index < -0.39 is 0 Å². The van der Waals surface area contributed by atoms with E-state index in [4.69, 9.17) is 9.84 Å². The third-order valence-corrected chi connectivity index (χ3v) is 3.05. The molecule has 1 aromatic carbocycles. The Hall–Kier alpha value is -1.06. The van der Waals surface area contributed by atoms with E-state index in [2.05, 4.69) is 36.1 Å². The molecule has 1 heterocycles. The van der Waals surface area contributed by atoms with Gasteiger partial charge in [-0.25, -0.2) is 0 Å². The summed E-state index contributed by atoms with van der Waals surface area (Å²) in [5.74, 6) is 0. The van der Waals surface area contributed by atoms with Crippen molar-refractivity contribution in [3.8, 4) is 0 Å². The standard InChI is InChI=1S/C13H19NO2/c1-11-4-2-3-5-13(11)14-7-6-12(10-14)16-9-8-15/h2-5,12,15H,6-10H2,1H3/t12-/m0/s1. The number of rotatable bonds is 4. The number of para-hydroxylation sites is 1. The largest absolute Gasteiger partial charge is 0.394 e. The maximum atomic E-state index is 8.72. The Labute approximate surface area is 96.6 Å². The van der Waals surface area contributed by atoms with Gasteiger partial charge in [0, 0.05) is 18.8 Å².